The van der Waals surface area contributed by atoms with Crippen LogP contribution in [0.2, 0.25) is 0 Å². The summed E-state index contributed by atoms with van der Waals surface area (Å²) in [6.07, 6.45) is 6.93. The van der Waals surface area contributed by atoms with Gasteiger partial charge in [0.2, 0.25) is 11.9 Å². The standard InChI is InChI=1S/C30H28N8O2/c1-17-14-33-30(34-25-13-18(2)37(4)36-25)35-27(17)22-15-32-28-20(22)8-6-10-24(28)38-16-23-19(11-12-26(39)31-3)7-5-9-21(23)29(38)40/h5-15,32H,16H2,1-4H3,(H,31,39)(H,33,34,35,36)/b12-11+. The fraction of sp³-hybridized carbons (Fsp3) is 0.167. The molecule has 6 rings (SSSR count). The van der Waals surface area contributed by atoms with E-state index in [9.17, 15) is 9.59 Å². The van der Waals surface area contributed by atoms with Gasteiger partial charge in [-0.3, -0.25) is 14.3 Å². The first-order valence-electron chi connectivity index (χ1n) is 12.9. The van der Waals surface area contributed by atoms with E-state index in [4.69, 9.17) is 4.98 Å². The van der Waals surface area contributed by atoms with Crippen molar-refractivity contribution in [2.75, 3.05) is 17.3 Å². The van der Waals surface area contributed by atoms with Crippen LogP contribution in [0.3, 0.4) is 0 Å². The molecule has 4 heterocycles. The van der Waals surface area contributed by atoms with Gasteiger partial charge in [0, 0.05) is 60.8 Å². The largest absolute Gasteiger partial charge is 0.359 e. The third kappa shape index (κ3) is 4.29. The van der Waals surface area contributed by atoms with Crippen molar-refractivity contribution in [2.24, 2.45) is 7.05 Å². The highest BCUT2D eigenvalue weighted by atomic mass is 16.2. The molecule has 10 nitrogen and oxygen atoms in total. The number of anilines is 3. The fourth-order valence-corrected chi connectivity index (χ4v) is 5.03. The lowest BCUT2D eigenvalue weighted by molar-refractivity contribution is -0.115. The molecule has 0 aliphatic carbocycles. The molecule has 0 fully saturated rings. The molecular weight excluding hydrogens is 504 g/mol. The number of hydrogen-bond donors (Lipinski definition) is 3. The quantitative estimate of drug-likeness (QED) is 0.274. The van der Waals surface area contributed by atoms with Crippen LogP contribution < -0.4 is 15.5 Å². The summed E-state index contributed by atoms with van der Waals surface area (Å²) < 4.78 is 1.79. The van der Waals surface area contributed by atoms with Gasteiger partial charge in [0.1, 0.15) is 0 Å². The molecule has 200 valence electrons. The predicted octanol–water partition coefficient (Wildman–Crippen LogP) is 4.64. The Hall–Kier alpha value is -5.25. The molecule has 0 radical (unpaired) electrons. The van der Waals surface area contributed by atoms with Gasteiger partial charge in [0.05, 0.1) is 23.4 Å². The summed E-state index contributed by atoms with van der Waals surface area (Å²) in [4.78, 5) is 39.7. The van der Waals surface area contributed by atoms with Gasteiger partial charge in [-0.2, -0.15) is 5.10 Å². The second-order valence-corrected chi connectivity index (χ2v) is 9.76. The van der Waals surface area contributed by atoms with Gasteiger partial charge in [0.15, 0.2) is 5.82 Å². The number of aryl methyl sites for hydroxylation is 3. The highest BCUT2D eigenvalue weighted by molar-refractivity contribution is 6.15. The van der Waals surface area contributed by atoms with Crippen molar-refractivity contribution in [1.29, 1.82) is 0 Å². The summed E-state index contributed by atoms with van der Waals surface area (Å²) in [5.74, 6) is 0.847. The molecule has 0 atom stereocenters. The van der Waals surface area contributed by atoms with E-state index in [0.717, 1.165) is 50.2 Å². The van der Waals surface area contributed by atoms with Gasteiger partial charge in [-0.25, -0.2) is 9.97 Å². The second-order valence-electron chi connectivity index (χ2n) is 9.76. The summed E-state index contributed by atoms with van der Waals surface area (Å²) in [5.41, 5.74) is 7.63. The monoisotopic (exact) mass is 532 g/mol. The lowest BCUT2D eigenvalue weighted by Crippen LogP contribution is -2.23. The highest BCUT2D eigenvalue weighted by Crippen LogP contribution is 2.38. The average molecular weight is 533 g/mol. The van der Waals surface area contributed by atoms with Crippen LogP contribution >= 0.6 is 0 Å². The third-order valence-corrected chi connectivity index (χ3v) is 7.23. The Morgan fingerprint density at radius 2 is 1.95 bits per heavy atom. The van der Waals surface area contributed by atoms with Crippen molar-refractivity contribution in [3.05, 3.63) is 88.9 Å². The van der Waals surface area contributed by atoms with Crippen LogP contribution in [0, 0.1) is 13.8 Å². The SMILES string of the molecule is CNC(=O)/C=C/c1cccc2c1CN(c1cccc3c(-c4nc(Nc5cc(C)n(C)n5)ncc4C)c[nH]c13)C2=O. The van der Waals surface area contributed by atoms with Crippen molar-refractivity contribution in [3.63, 3.8) is 0 Å². The van der Waals surface area contributed by atoms with Crippen molar-refractivity contribution in [2.45, 2.75) is 20.4 Å². The molecule has 1 aliphatic heterocycles. The maximum absolute atomic E-state index is 13.5. The summed E-state index contributed by atoms with van der Waals surface area (Å²) in [6, 6.07) is 13.4. The third-order valence-electron chi connectivity index (χ3n) is 7.23. The molecule has 2 amide bonds. The average Bonchev–Trinajstić information content (AvgIpc) is 3.63. The van der Waals surface area contributed by atoms with Gasteiger partial charge < -0.3 is 20.5 Å². The van der Waals surface area contributed by atoms with Crippen LogP contribution in [-0.2, 0) is 18.4 Å². The number of para-hydroxylation sites is 1. The smallest absolute Gasteiger partial charge is 0.259 e. The maximum atomic E-state index is 13.5. The minimum atomic E-state index is -0.198. The Labute approximate surface area is 230 Å². The molecule has 40 heavy (non-hydrogen) atoms. The zero-order valence-corrected chi connectivity index (χ0v) is 22.6. The Bertz CT molecular complexity index is 1810. The van der Waals surface area contributed by atoms with Crippen LogP contribution in [0.25, 0.3) is 28.2 Å². The number of H-pyrrole nitrogens is 1. The Morgan fingerprint density at radius 3 is 2.73 bits per heavy atom. The molecule has 1 aliphatic rings. The molecule has 0 bridgehead atoms. The van der Waals surface area contributed by atoms with Crippen molar-refractivity contribution < 1.29 is 9.59 Å². The van der Waals surface area contributed by atoms with E-state index in [0.29, 0.717) is 23.9 Å². The number of likely N-dealkylation sites (N-methyl/N-ethyl adjacent to an activating group) is 1. The molecule has 5 aromatic rings. The first-order chi connectivity index (χ1) is 19.3. The molecule has 0 saturated heterocycles. The summed E-state index contributed by atoms with van der Waals surface area (Å²) >= 11 is 0. The number of benzene rings is 2. The van der Waals surface area contributed by atoms with Gasteiger partial charge in [-0.15, -0.1) is 0 Å². The molecule has 3 aromatic heterocycles. The van der Waals surface area contributed by atoms with Gasteiger partial charge in [-0.05, 0) is 48.7 Å². The molecule has 0 saturated carbocycles. The number of fused-ring (bicyclic) bond motifs is 2. The topological polar surface area (TPSA) is 121 Å². The van der Waals surface area contributed by atoms with E-state index < -0.39 is 0 Å². The second kappa shape index (κ2) is 9.81. The van der Waals surface area contributed by atoms with Crippen LogP contribution in [0.15, 0.2) is 60.9 Å². The first-order valence-corrected chi connectivity index (χ1v) is 12.9. The van der Waals surface area contributed by atoms with Crippen LogP contribution in [0.1, 0.15) is 32.7 Å². The van der Waals surface area contributed by atoms with E-state index >= 15 is 0 Å². The van der Waals surface area contributed by atoms with Crippen LogP contribution in [-0.4, -0.2) is 43.6 Å². The number of aromatic amines is 1. The lowest BCUT2D eigenvalue weighted by atomic mass is 10.0. The fourth-order valence-electron chi connectivity index (χ4n) is 5.03. The normalized spacial score (nSPS) is 12.9. The number of amides is 2. The number of rotatable bonds is 6. The van der Waals surface area contributed by atoms with E-state index in [-0.39, 0.29) is 11.8 Å². The molecule has 0 spiro atoms. The summed E-state index contributed by atoms with van der Waals surface area (Å²) in [7, 11) is 3.47. The van der Waals surface area contributed by atoms with Crippen molar-refractivity contribution in [1.82, 2.24) is 30.0 Å². The number of carbonyl (C=O) groups excluding carboxylic acids is 2. The first kappa shape index (κ1) is 25.1. The van der Waals surface area contributed by atoms with E-state index in [1.807, 2.05) is 69.6 Å². The summed E-state index contributed by atoms with van der Waals surface area (Å²) in [6.45, 7) is 4.36. The molecular formula is C30H28N8O2. The van der Waals surface area contributed by atoms with Gasteiger partial charge in [-0.1, -0.05) is 24.3 Å². The Kier molecular flexibility index (Phi) is 6.14. The zero-order chi connectivity index (χ0) is 28.0. The molecule has 10 heteroatoms. The maximum Gasteiger partial charge on any atom is 0.259 e. The van der Waals surface area contributed by atoms with E-state index in [1.165, 1.54) is 6.08 Å². The number of carbonyl (C=O) groups is 2. The highest BCUT2D eigenvalue weighted by Gasteiger charge is 2.31. The summed E-state index contributed by atoms with van der Waals surface area (Å²) in [5, 5.41) is 11.2. The van der Waals surface area contributed by atoms with Gasteiger partial charge in [0.25, 0.3) is 5.91 Å². The number of hydrogen-bond acceptors (Lipinski definition) is 6. The van der Waals surface area contributed by atoms with Crippen molar-refractivity contribution >= 4 is 46.2 Å². The predicted molar refractivity (Wildman–Crippen MR) is 155 cm³/mol. The number of nitrogens with zero attached hydrogens (tertiary/aromatic N) is 5. The lowest BCUT2D eigenvalue weighted by Gasteiger charge is -2.17. The minimum absolute atomic E-state index is 0.0794. The van der Waals surface area contributed by atoms with Crippen LogP contribution in [0.4, 0.5) is 17.5 Å². The Morgan fingerprint density at radius 1 is 1.12 bits per heavy atom. The van der Waals surface area contributed by atoms with Crippen molar-refractivity contribution in [3.8, 4) is 11.3 Å². The number of aromatic nitrogens is 5. The Balaban J connectivity index is 1.36. The van der Waals surface area contributed by atoms with Crippen LogP contribution in [0.5, 0.6) is 0 Å². The molecule has 0 unspecified atom stereocenters. The van der Waals surface area contributed by atoms with E-state index in [1.54, 1.807) is 28.9 Å². The molecule has 2 aromatic carbocycles. The van der Waals surface area contributed by atoms with Gasteiger partial charge >= 0.3 is 0 Å². The van der Waals surface area contributed by atoms with E-state index in [2.05, 4.69) is 25.7 Å². The minimum Gasteiger partial charge on any atom is -0.359 e. The number of nitrogens with one attached hydrogen (secondary N) is 3. The molecule has 3 N–H and O–H groups in total. The zero-order valence-electron chi connectivity index (χ0n) is 22.6.